The Balaban J connectivity index is 1.96. The fraction of sp³-hybridized carbons (Fsp3) is 0.818. The van der Waals surface area contributed by atoms with Crippen LogP contribution in [0.4, 0.5) is 0 Å². The van der Waals surface area contributed by atoms with E-state index in [9.17, 15) is 14.7 Å². The Hall–Kier alpha value is -0.940. The molecule has 0 aromatic heterocycles. The van der Waals surface area contributed by atoms with Gasteiger partial charge in [-0.1, -0.05) is 6.42 Å². The molecule has 2 fully saturated rings. The summed E-state index contributed by atoms with van der Waals surface area (Å²) in [5.41, 5.74) is 0. The summed E-state index contributed by atoms with van der Waals surface area (Å²) in [5, 5.41) is 9.18. The van der Waals surface area contributed by atoms with Crippen molar-refractivity contribution in [2.75, 3.05) is 26.4 Å². The lowest BCUT2D eigenvalue weighted by atomic mass is 9.96. The number of carbonyl (C=O) groups excluding carboxylic acids is 2. The molecular formula is C11H17NO4. The van der Waals surface area contributed by atoms with Crippen LogP contribution in [0.2, 0.25) is 0 Å². The number of ether oxygens (including phenoxy) is 1. The van der Waals surface area contributed by atoms with Crippen molar-refractivity contribution in [1.29, 1.82) is 0 Å². The summed E-state index contributed by atoms with van der Waals surface area (Å²) >= 11 is 0. The van der Waals surface area contributed by atoms with Crippen LogP contribution in [0.1, 0.15) is 19.3 Å². The molecule has 2 rings (SSSR count). The van der Waals surface area contributed by atoms with Crippen LogP contribution in [0, 0.1) is 11.8 Å². The molecule has 0 radical (unpaired) electrons. The molecule has 1 heterocycles. The Kier molecular flexibility index (Phi) is 3.56. The van der Waals surface area contributed by atoms with Gasteiger partial charge in [-0.05, 0) is 24.7 Å². The highest BCUT2D eigenvalue weighted by atomic mass is 16.5. The molecule has 2 unspecified atom stereocenters. The summed E-state index contributed by atoms with van der Waals surface area (Å²) in [5.74, 6) is -0.000811. The van der Waals surface area contributed by atoms with Crippen molar-refractivity contribution < 1.29 is 19.4 Å². The van der Waals surface area contributed by atoms with Crippen molar-refractivity contribution in [3.8, 4) is 0 Å². The molecule has 0 aromatic carbocycles. The van der Waals surface area contributed by atoms with E-state index in [-0.39, 0.29) is 43.5 Å². The number of imide groups is 1. The highest BCUT2D eigenvalue weighted by Crippen LogP contribution is 2.32. The first-order valence-electron chi connectivity index (χ1n) is 5.74. The van der Waals surface area contributed by atoms with Gasteiger partial charge in [0.15, 0.2) is 0 Å². The monoisotopic (exact) mass is 227 g/mol. The van der Waals surface area contributed by atoms with Gasteiger partial charge in [0, 0.05) is 13.2 Å². The van der Waals surface area contributed by atoms with Gasteiger partial charge in [-0.2, -0.15) is 0 Å². The van der Waals surface area contributed by atoms with E-state index < -0.39 is 0 Å². The van der Waals surface area contributed by atoms with E-state index in [4.69, 9.17) is 4.74 Å². The largest absolute Gasteiger partial charge is 0.396 e. The Bertz CT molecular complexity index is 276. The summed E-state index contributed by atoms with van der Waals surface area (Å²) < 4.78 is 4.85. The van der Waals surface area contributed by atoms with E-state index >= 15 is 0 Å². The van der Waals surface area contributed by atoms with Crippen LogP contribution in [0.5, 0.6) is 0 Å². The van der Waals surface area contributed by atoms with Gasteiger partial charge < -0.3 is 9.84 Å². The number of aliphatic hydroxyl groups is 1. The maximum Gasteiger partial charge on any atom is 0.255 e. The number of aliphatic hydroxyl groups excluding tert-OH is 1. The van der Waals surface area contributed by atoms with E-state index in [0.717, 1.165) is 19.3 Å². The summed E-state index contributed by atoms with van der Waals surface area (Å²) in [4.78, 5) is 24.3. The fourth-order valence-corrected chi connectivity index (χ4v) is 2.55. The second-order valence-electron chi connectivity index (χ2n) is 4.52. The number of carbonyl (C=O) groups is 2. The molecular weight excluding hydrogens is 210 g/mol. The van der Waals surface area contributed by atoms with E-state index in [1.165, 1.54) is 4.90 Å². The molecule has 2 atom stereocenters. The minimum atomic E-state index is -0.250. The quantitative estimate of drug-likeness (QED) is 0.677. The maximum atomic E-state index is 11.5. The second kappa shape index (κ2) is 4.93. The summed E-state index contributed by atoms with van der Waals surface area (Å²) in [7, 11) is 0. The molecule has 2 amide bonds. The van der Waals surface area contributed by atoms with Gasteiger partial charge in [-0.25, -0.2) is 0 Å². The number of hydrogen-bond donors (Lipinski definition) is 1. The fourth-order valence-electron chi connectivity index (χ4n) is 2.55. The highest BCUT2D eigenvalue weighted by molar-refractivity contribution is 5.98. The molecule has 5 nitrogen and oxygen atoms in total. The number of rotatable bonds is 3. The van der Waals surface area contributed by atoms with Crippen LogP contribution in [0.3, 0.4) is 0 Å². The van der Waals surface area contributed by atoms with Crippen molar-refractivity contribution in [2.45, 2.75) is 19.3 Å². The van der Waals surface area contributed by atoms with Gasteiger partial charge in [0.25, 0.3) is 11.8 Å². The first-order chi connectivity index (χ1) is 7.72. The van der Waals surface area contributed by atoms with Crippen molar-refractivity contribution in [2.24, 2.45) is 11.8 Å². The smallest absolute Gasteiger partial charge is 0.255 e. The standard InChI is InChI=1S/C11H17NO4/c13-5-9-3-1-2-8(9)4-12-10(14)6-16-7-11(12)15/h8-9,13H,1-7H2. The Morgan fingerprint density at radius 1 is 1.19 bits per heavy atom. The van der Waals surface area contributed by atoms with Crippen LogP contribution in [0.25, 0.3) is 0 Å². The van der Waals surface area contributed by atoms with Crippen LogP contribution in [-0.4, -0.2) is 48.2 Å². The van der Waals surface area contributed by atoms with E-state index in [1.54, 1.807) is 0 Å². The van der Waals surface area contributed by atoms with Crippen LogP contribution < -0.4 is 0 Å². The average molecular weight is 227 g/mol. The lowest BCUT2D eigenvalue weighted by Crippen LogP contribution is -2.48. The molecule has 90 valence electrons. The van der Waals surface area contributed by atoms with E-state index in [1.807, 2.05) is 0 Å². The van der Waals surface area contributed by atoms with E-state index in [0.29, 0.717) is 6.54 Å². The molecule has 0 bridgehead atoms. The molecule has 0 aromatic rings. The first-order valence-corrected chi connectivity index (χ1v) is 5.74. The normalized spacial score (nSPS) is 31.2. The molecule has 1 N–H and O–H groups in total. The molecule has 1 saturated heterocycles. The second-order valence-corrected chi connectivity index (χ2v) is 4.52. The minimum Gasteiger partial charge on any atom is -0.396 e. The summed E-state index contributed by atoms with van der Waals surface area (Å²) in [6.45, 7) is 0.605. The summed E-state index contributed by atoms with van der Waals surface area (Å²) in [6, 6.07) is 0. The lowest BCUT2D eigenvalue weighted by Gasteiger charge is -2.29. The zero-order chi connectivity index (χ0) is 11.5. The molecule has 0 spiro atoms. The van der Waals surface area contributed by atoms with E-state index in [2.05, 4.69) is 0 Å². The van der Waals surface area contributed by atoms with Crippen molar-refractivity contribution in [3.63, 3.8) is 0 Å². The average Bonchev–Trinajstić information content (AvgIpc) is 2.71. The lowest BCUT2D eigenvalue weighted by molar-refractivity contribution is -0.159. The van der Waals surface area contributed by atoms with Crippen molar-refractivity contribution in [3.05, 3.63) is 0 Å². The van der Waals surface area contributed by atoms with Crippen molar-refractivity contribution >= 4 is 11.8 Å². The van der Waals surface area contributed by atoms with Crippen LogP contribution in [-0.2, 0) is 14.3 Å². The van der Waals surface area contributed by atoms with Gasteiger partial charge in [0.1, 0.15) is 13.2 Å². The number of nitrogens with zero attached hydrogens (tertiary/aromatic N) is 1. The zero-order valence-electron chi connectivity index (χ0n) is 9.22. The number of hydrogen-bond acceptors (Lipinski definition) is 4. The Morgan fingerprint density at radius 3 is 2.44 bits per heavy atom. The molecule has 16 heavy (non-hydrogen) atoms. The third kappa shape index (κ3) is 2.25. The number of morpholine rings is 1. The van der Waals surface area contributed by atoms with Crippen LogP contribution >= 0.6 is 0 Å². The van der Waals surface area contributed by atoms with Gasteiger partial charge in [-0.15, -0.1) is 0 Å². The Morgan fingerprint density at radius 2 is 1.81 bits per heavy atom. The topological polar surface area (TPSA) is 66.8 Å². The molecule has 5 heteroatoms. The first kappa shape index (κ1) is 11.5. The van der Waals surface area contributed by atoms with Gasteiger partial charge in [0.2, 0.25) is 0 Å². The molecule has 1 aliphatic carbocycles. The van der Waals surface area contributed by atoms with Gasteiger partial charge in [0.05, 0.1) is 0 Å². The molecule has 1 saturated carbocycles. The summed E-state index contributed by atoms with van der Waals surface area (Å²) in [6.07, 6.45) is 3.06. The third-order valence-corrected chi connectivity index (χ3v) is 3.52. The van der Waals surface area contributed by atoms with Crippen LogP contribution in [0.15, 0.2) is 0 Å². The minimum absolute atomic E-state index is 0.00223. The van der Waals surface area contributed by atoms with Crippen molar-refractivity contribution in [1.82, 2.24) is 4.90 Å². The third-order valence-electron chi connectivity index (χ3n) is 3.52. The number of amides is 2. The Labute approximate surface area is 94.4 Å². The predicted octanol–water partition coefficient (Wildman–Crippen LogP) is -0.220. The predicted molar refractivity (Wildman–Crippen MR) is 55.5 cm³/mol. The van der Waals surface area contributed by atoms with Gasteiger partial charge >= 0.3 is 0 Å². The molecule has 2 aliphatic rings. The van der Waals surface area contributed by atoms with Gasteiger partial charge in [-0.3, -0.25) is 14.5 Å². The zero-order valence-corrected chi connectivity index (χ0v) is 9.22. The molecule has 1 aliphatic heterocycles. The highest BCUT2D eigenvalue weighted by Gasteiger charge is 2.33. The SMILES string of the molecule is O=C1COCC(=O)N1CC1CCCC1CO. The maximum absolute atomic E-state index is 11.5.